The van der Waals surface area contributed by atoms with Gasteiger partial charge in [-0.15, -0.1) is 11.6 Å². The third-order valence-electron chi connectivity index (χ3n) is 9.92. The maximum Gasteiger partial charge on any atom is 0.243 e. The lowest BCUT2D eigenvalue weighted by molar-refractivity contribution is 0.393. The normalized spacial score (nSPS) is 17.2. The van der Waals surface area contributed by atoms with Crippen LogP contribution in [0.5, 0.6) is 0 Å². The lowest BCUT2D eigenvalue weighted by Gasteiger charge is -2.25. The van der Waals surface area contributed by atoms with Gasteiger partial charge < -0.3 is 42.1 Å². The van der Waals surface area contributed by atoms with Crippen LogP contribution in [0.25, 0.3) is 32.3 Å². The largest absolute Gasteiger partial charge is 0.377 e. The Morgan fingerprint density at radius 1 is 0.526 bits per heavy atom. The number of nitrogens with zero attached hydrogens (tertiary/aromatic N) is 2. The standard InChI is InChI=1S/C20H31N5O2S.C15H11Cl.C8H20N4.CH4/c1-24(2)19-7-3-6-18-17(19)5-4-8-20(18)28(26,27)25-15-13-22-11-9-21-10-12-23-14-16-25;16-10-15-13-7-3-1-5-11(13)9-12-6-2-4-8-14(12)15;1-2-10-5-6-12-8-7-11-4-3-9-1;/h3-8,21-23H,9-16H2,1-2H3;1-9H,10H2;9-12H,1-8H2;1H4. The molecule has 7 N–H and O–H groups in total. The van der Waals surface area contributed by atoms with Gasteiger partial charge >= 0.3 is 0 Å². The zero-order valence-corrected chi connectivity index (χ0v) is 34.8. The van der Waals surface area contributed by atoms with E-state index in [9.17, 15) is 8.42 Å². The van der Waals surface area contributed by atoms with E-state index in [4.69, 9.17) is 11.6 Å². The molecule has 0 bridgehead atoms. The third-order valence-corrected chi connectivity index (χ3v) is 12.1. The second-order valence-corrected chi connectivity index (χ2v) is 16.3. The van der Waals surface area contributed by atoms with Gasteiger partial charge in [-0.05, 0) is 45.3 Å². The van der Waals surface area contributed by atoms with Gasteiger partial charge in [-0.3, -0.25) is 0 Å². The highest BCUT2D eigenvalue weighted by Gasteiger charge is 2.26. The fraction of sp³-hybridized carbons (Fsp3) is 0.455. The number of sulfonamides is 1. The van der Waals surface area contributed by atoms with Crippen LogP contribution < -0.4 is 42.1 Å². The molecule has 0 aliphatic carbocycles. The second-order valence-electron chi connectivity index (χ2n) is 14.1. The average Bonchev–Trinajstić information content (AvgIpc) is 3.20. The number of rotatable bonds is 4. The number of fused-ring (bicyclic) bond motifs is 3. The molecule has 0 saturated carbocycles. The number of hydrogen-bond donors (Lipinski definition) is 7. The Hall–Kier alpha value is -3.40. The summed E-state index contributed by atoms with van der Waals surface area (Å²) in [5.41, 5.74) is 2.24. The maximum absolute atomic E-state index is 13.5. The van der Waals surface area contributed by atoms with Gasteiger partial charge in [-0.2, -0.15) is 4.31 Å². The molecule has 0 amide bonds. The molecular formula is C44H66ClN9O2S. The van der Waals surface area contributed by atoms with Crippen molar-refractivity contribution in [2.24, 2.45) is 0 Å². The highest BCUT2D eigenvalue weighted by Crippen LogP contribution is 2.32. The summed E-state index contributed by atoms with van der Waals surface area (Å²) in [7, 11) is 0.341. The maximum atomic E-state index is 13.5. The van der Waals surface area contributed by atoms with E-state index in [0.29, 0.717) is 37.0 Å². The van der Waals surface area contributed by atoms with E-state index < -0.39 is 10.0 Å². The molecule has 0 spiro atoms. The Balaban J connectivity index is 0.000000209. The first-order chi connectivity index (χ1) is 27.4. The molecule has 11 nitrogen and oxygen atoms in total. The Kier molecular flexibility index (Phi) is 20.4. The number of nitrogens with one attached hydrogen (secondary N) is 7. The van der Waals surface area contributed by atoms with Crippen molar-refractivity contribution in [1.82, 2.24) is 41.5 Å². The Morgan fingerprint density at radius 3 is 1.35 bits per heavy atom. The number of alkyl halides is 1. The van der Waals surface area contributed by atoms with Crippen LogP contribution in [-0.4, -0.2) is 132 Å². The minimum Gasteiger partial charge on any atom is -0.377 e. The SMILES string of the molecule is C.C1CNCCNCCNCCN1.CN(C)c1cccc2c(S(=O)(=O)N3CCNCCNCCNCC3)cccc12.ClCc1c2ccccc2cc2ccccc12. The van der Waals surface area contributed by atoms with E-state index in [2.05, 4.69) is 91.8 Å². The average molecular weight is 821 g/mol. The molecule has 2 heterocycles. The number of halogens is 1. The third kappa shape index (κ3) is 13.9. The van der Waals surface area contributed by atoms with Gasteiger partial charge in [0.05, 0.1) is 4.90 Å². The number of hydrogen-bond acceptors (Lipinski definition) is 10. The Bertz CT molecular complexity index is 1920. The fourth-order valence-corrected chi connectivity index (χ4v) is 8.90. The summed E-state index contributed by atoms with van der Waals surface area (Å²) in [6.45, 7) is 14.2. The van der Waals surface area contributed by atoms with E-state index in [1.165, 1.54) is 27.1 Å². The first kappa shape index (κ1) is 46.3. The summed E-state index contributed by atoms with van der Waals surface area (Å²) in [6.07, 6.45) is 0. The molecule has 13 heteroatoms. The van der Waals surface area contributed by atoms with Gasteiger partial charge in [-0.25, -0.2) is 8.42 Å². The molecule has 0 radical (unpaired) electrons. The molecule has 2 saturated heterocycles. The predicted octanol–water partition coefficient (Wildman–Crippen LogP) is 4.41. The van der Waals surface area contributed by atoms with Gasteiger partial charge in [0, 0.05) is 141 Å². The summed E-state index contributed by atoms with van der Waals surface area (Å²) in [5, 5.41) is 30.2. The zero-order chi connectivity index (χ0) is 39.4. The molecule has 0 unspecified atom stereocenters. The van der Waals surface area contributed by atoms with Crippen LogP contribution in [-0.2, 0) is 15.9 Å². The van der Waals surface area contributed by atoms with Crippen molar-refractivity contribution in [1.29, 1.82) is 0 Å². The van der Waals surface area contributed by atoms with Crippen LogP contribution in [0.4, 0.5) is 5.69 Å². The topological polar surface area (TPSA) is 125 Å². The van der Waals surface area contributed by atoms with Crippen LogP contribution in [0.1, 0.15) is 13.0 Å². The van der Waals surface area contributed by atoms with E-state index in [1.54, 1.807) is 10.4 Å². The van der Waals surface area contributed by atoms with Crippen molar-refractivity contribution < 1.29 is 8.42 Å². The summed E-state index contributed by atoms with van der Waals surface area (Å²) < 4.78 is 28.7. The van der Waals surface area contributed by atoms with Crippen molar-refractivity contribution in [2.45, 2.75) is 18.2 Å². The van der Waals surface area contributed by atoms with Crippen molar-refractivity contribution >= 4 is 59.6 Å². The quantitative estimate of drug-likeness (QED) is 0.104. The van der Waals surface area contributed by atoms with Crippen LogP contribution in [0.15, 0.2) is 95.9 Å². The van der Waals surface area contributed by atoms with Crippen molar-refractivity contribution in [3.05, 3.63) is 96.6 Å². The van der Waals surface area contributed by atoms with E-state index in [0.717, 1.165) is 95.0 Å². The Labute approximate surface area is 346 Å². The smallest absolute Gasteiger partial charge is 0.243 e. The van der Waals surface area contributed by atoms with Crippen LogP contribution in [0.2, 0.25) is 0 Å². The van der Waals surface area contributed by atoms with Gasteiger partial charge in [0.2, 0.25) is 10.0 Å². The van der Waals surface area contributed by atoms with Gasteiger partial charge in [0.15, 0.2) is 0 Å². The highest BCUT2D eigenvalue weighted by molar-refractivity contribution is 7.89. The summed E-state index contributed by atoms with van der Waals surface area (Å²) >= 11 is 6.08. The minimum absolute atomic E-state index is 0. The van der Waals surface area contributed by atoms with E-state index in [1.807, 2.05) is 49.3 Å². The zero-order valence-electron chi connectivity index (χ0n) is 33.2. The van der Waals surface area contributed by atoms with Crippen molar-refractivity contribution in [2.75, 3.05) is 124 Å². The monoisotopic (exact) mass is 819 g/mol. The molecule has 7 rings (SSSR count). The highest BCUT2D eigenvalue weighted by atomic mass is 35.5. The number of benzene rings is 5. The minimum atomic E-state index is -3.60. The second kappa shape index (κ2) is 25.2. The Morgan fingerprint density at radius 2 is 0.912 bits per heavy atom. The van der Waals surface area contributed by atoms with E-state index >= 15 is 0 Å². The molecule has 5 aromatic carbocycles. The molecular weight excluding hydrogens is 754 g/mol. The molecule has 0 aromatic heterocycles. The van der Waals surface area contributed by atoms with Gasteiger partial charge in [-0.1, -0.05) is 80.2 Å². The van der Waals surface area contributed by atoms with E-state index in [-0.39, 0.29) is 7.43 Å². The van der Waals surface area contributed by atoms with Gasteiger partial charge in [0.25, 0.3) is 0 Å². The van der Waals surface area contributed by atoms with Crippen molar-refractivity contribution in [3.8, 4) is 0 Å². The number of anilines is 1. The lowest BCUT2D eigenvalue weighted by Crippen LogP contribution is -2.44. The first-order valence-electron chi connectivity index (χ1n) is 20.0. The molecule has 0 atom stereocenters. The molecule has 57 heavy (non-hydrogen) atoms. The molecule has 2 fully saturated rings. The summed E-state index contributed by atoms with van der Waals surface area (Å²) in [6, 6.07) is 30.4. The molecule has 312 valence electrons. The summed E-state index contributed by atoms with van der Waals surface area (Å²) in [4.78, 5) is 2.39. The van der Waals surface area contributed by atoms with Crippen LogP contribution in [0.3, 0.4) is 0 Å². The lowest BCUT2D eigenvalue weighted by atomic mass is 9.98. The molecule has 2 aliphatic rings. The molecule has 2 aliphatic heterocycles. The fourth-order valence-electron chi connectivity index (χ4n) is 6.97. The van der Waals surface area contributed by atoms with Crippen molar-refractivity contribution in [3.63, 3.8) is 0 Å². The molecule has 5 aromatic rings. The van der Waals surface area contributed by atoms with Gasteiger partial charge in [0.1, 0.15) is 0 Å². The summed E-state index contributed by atoms with van der Waals surface area (Å²) in [5.74, 6) is 0.557. The predicted molar refractivity (Wildman–Crippen MR) is 245 cm³/mol. The first-order valence-corrected chi connectivity index (χ1v) is 22.0. The van der Waals surface area contributed by atoms with Crippen LogP contribution in [0, 0.1) is 0 Å². The van der Waals surface area contributed by atoms with Crippen LogP contribution >= 0.6 is 11.6 Å².